The van der Waals surface area contributed by atoms with E-state index in [2.05, 4.69) is 26.2 Å². The zero-order chi connectivity index (χ0) is 12.4. The van der Waals surface area contributed by atoms with E-state index < -0.39 is 0 Å². The molecule has 5 nitrogen and oxygen atoms in total. The van der Waals surface area contributed by atoms with Gasteiger partial charge in [-0.25, -0.2) is 0 Å². The minimum atomic E-state index is -0.292. The van der Waals surface area contributed by atoms with E-state index in [0.717, 1.165) is 21.5 Å². The number of methoxy groups -OCH3 is 1. The number of hydrogen-bond donors (Lipinski definition) is 1. The van der Waals surface area contributed by atoms with Crippen molar-refractivity contribution in [2.45, 2.75) is 6.04 Å². The summed E-state index contributed by atoms with van der Waals surface area (Å²) in [7, 11) is 3.44. The summed E-state index contributed by atoms with van der Waals surface area (Å²) in [6.07, 6.45) is 1.66. The van der Waals surface area contributed by atoms with Crippen LogP contribution in [0.2, 0.25) is 0 Å². The van der Waals surface area contributed by atoms with Gasteiger partial charge in [0.05, 0.1) is 25.0 Å². The Bertz CT molecular complexity index is 526. The first-order valence-corrected chi connectivity index (χ1v) is 5.86. The minimum Gasteiger partial charge on any atom is -0.497 e. The molecule has 6 heteroatoms. The average molecular weight is 297 g/mol. The van der Waals surface area contributed by atoms with Crippen molar-refractivity contribution in [3.8, 4) is 5.75 Å². The third-order valence-electron chi connectivity index (χ3n) is 2.61. The largest absolute Gasteiger partial charge is 0.497 e. The van der Waals surface area contributed by atoms with Crippen molar-refractivity contribution in [1.29, 1.82) is 0 Å². The number of rotatable bonds is 3. The number of halogens is 1. The fourth-order valence-corrected chi connectivity index (χ4v) is 2.12. The van der Waals surface area contributed by atoms with Gasteiger partial charge in [0, 0.05) is 11.5 Å². The monoisotopic (exact) mass is 296 g/mol. The second kappa shape index (κ2) is 4.85. The normalized spacial score (nSPS) is 12.5. The van der Waals surface area contributed by atoms with Crippen LogP contribution in [0.4, 0.5) is 0 Å². The summed E-state index contributed by atoms with van der Waals surface area (Å²) in [5.74, 6) is 0.772. The van der Waals surface area contributed by atoms with Crippen molar-refractivity contribution >= 4 is 15.9 Å². The van der Waals surface area contributed by atoms with Gasteiger partial charge in [0.15, 0.2) is 0 Å². The van der Waals surface area contributed by atoms with E-state index in [1.165, 1.54) is 0 Å². The third-order valence-corrected chi connectivity index (χ3v) is 3.33. The van der Waals surface area contributed by atoms with Gasteiger partial charge in [0.2, 0.25) is 0 Å². The minimum absolute atomic E-state index is 0.292. The molecule has 1 unspecified atom stereocenters. The quantitative estimate of drug-likeness (QED) is 0.935. The Morgan fingerprint density at radius 3 is 2.82 bits per heavy atom. The number of ether oxygens (including phenoxy) is 1. The van der Waals surface area contributed by atoms with Gasteiger partial charge in [-0.05, 0) is 23.8 Å². The predicted molar refractivity (Wildman–Crippen MR) is 67.7 cm³/mol. The Labute approximate surface area is 108 Å². The summed E-state index contributed by atoms with van der Waals surface area (Å²) < 4.78 is 7.79. The van der Waals surface area contributed by atoms with Crippen LogP contribution in [0, 0.1) is 0 Å². The number of aryl methyl sites for hydroxylation is 1. The molecule has 17 heavy (non-hydrogen) atoms. The lowest BCUT2D eigenvalue weighted by molar-refractivity contribution is 0.414. The van der Waals surface area contributed by atoms with E-state index in [1.807, 2.05) is 25.2 Å². The Morgan fingerprint density at radius 2 is 2.24 bits per heavy atom. The van der Waals surface area contributed by atoms with E-state index >= 15 is 0 Å². The van der Waals surface area contributed by atoms with Crippen LogP contribution >= 0.6 is 15.9 Å². The highest BCUT2D eigenvalue weighted by molar-refractivity contribution is 9.10. The number of hydrogen-bond acceptors (Lipinski definition) is 4. The van der Waals surface area contributed by atoms with Gasteiger partial charge >= 0.3 is 0 Å². The van der Waals surface area contributed by atoms with Crippen molar-refractivity contribution < 1.29 is 4.74 Å². The fourth-order valence-electron chi connectivity index (χ4n) is 1.63. The van der Waals surface area contributed by atoms with Crippen LogP contribution in [0.5, 0.6) is 5.75 Å². The second-order valence-corrected chi connectivity index (χ2v) is 4.50. The van der Waals surface area contributed by atoms with Gasteiger partial charge in [-0.3, -0.25) is 4.68 Å². The predicted octanol–water partition coefficient (Wildman–Crippen LogP) is 1.63. The van der Waals surface area contributed by atoms with Gasteiger partial charge in [-0.1, -0.05) is 21.1 Å². The zero-order valence-electron chi connectivity index (χ0n) is 9.59. The molecular formula is C11H13BrN4O. The lowest BCUT2D eigenvalue weighted by atomic mass is 10.0. The molecule has 0 aliphatic carbocycles. The molecular weight excluding hydrogens is 284 g/mol. The lowest BCUT2D eigenvalue weighted by Crippen LogP contribution is -2.16. The molecule has 1 aromatic heterocycles. The van der Waals surface area contributed by atoms with Crippen LogP contribution in [0.15, 0.2) is 28.9 Å². The first kappa shape index (κ1) is 12.1. The number of benzene rings is 1. The zero-order valence-corrected chi connectivity index (χ0v) is 11.2. The molecule has 0 aliphatic rings. The molecule has 90 valence electrons. The number of nitrogens with zero attached hydrogens (tertiary/aromatic N) is 3. The second-order valence-electron chi connectivity index (χ2n) is 3.65. The highest BCUT2D eigenvalue weighted by atomic mass is 79.9. The first-order chi connectivity index (χ1) is 8.13. The molecule has 0 saturated heterocycles. The highest BCUT2D eigenvalue weighted by Crippen LogP contribution is 2.29. The molecule has 1 atom stereocenters. The van der Waals surface area contributed by atoms with Crippen molar-refractivity contribution in [2.75, 3.05) is 7.11 Å². The Kier molecular flexibility index (Phi) is 3.44. The standard InChI is InChI=1S/C11H13BrN4O/c1-16-10(6-14-15-16)11(13)8-5-7(17-2)3-4-9(8)12/h3-6,11H,13H2,1-2H3. The number of nitrogens with two attached hydrogens (primary N) is 1. The van der Waals surface area contributed by atoms with Gasteiger partial charge in [0.1, 0.15) is 5.75 Å². The van der Waals surface area contributed by atoms with Crippen LogP contribution in [0.1, 0.15) is 17.3 Å². The van der Waals surface area contributed by atoms with Crippen molar-refractivity contribution in [3.05, 3.63) is 40.1 Å². The van der Waals surface area contributed by atoms with E-state index in [-0.39, 0.29) is 6.04 Å². The van der Waals surface area contributed by atoms with Gasteiger partial charge in [-0.2, -0.15) is 0 Å². The molecule has 0 amide bonds. The van der Waals surface area contributed by atoms with Crippen LogP contribution in [0.25, 0.3) is 0 Å². The van der Waals surface area contributed by atoms with Crippen LogP contribution < -0.4 is 10.5 Å². The maximum Gasteiger partial charge on any atom is 0.119 e. The molecule has 2 rings (SSSR count). The molecule has 0 saturated carbocycles. The van der Waals surface area contributed by atoms with Gasteiger partial charge in [0.25, 0.3) is 0 Å². The Morgan fingerprint density at radius 1 is 1.47 bits per heavy atom. The average Bonchev–Trinajstić information content (AvgIpc) is 2.75. The summed E-state index contributed by atoms with van der Waals surface area (Å²) in [6, 6.07) is 5.40. The topological polar surface area (TPSA) is 66.0 Å². The summed E-state index contributed by atoms with van der Waals surface area (Å²) in [5, 5.41) is 7.70. The molecule has 0 radical (unpaired) electrons. The van der Waals surface area contributed by atoms with E-state index in [9.17, 15) is 0 Å². The lowest BCUT2D eigenvalue weighted by Gasteiger charge is -2.14. The Hall–Kier alpha value is -1.40. The van der Waals surface area contributed by atoms with Crippen LogP contribution in [0.3, 0.4) is 0 Å². The summed E-state index contributed by atoms with van der Waals surface area (Å²) in [4.78, 5) is 0. The Balaban J connectivity index is 2.43. The molecule has 0 fully saturated rings. The van der Waals surface area contributed by atoms with Gasteiger partial charge < -0.3 is 10.5 Å². The summed E-state index contributed by atoms with van der Waals surface area (Å²) >= 11 is 3.48. The highest BCUT2D eigenvalue weighted by Gasteiger charge is 2.16. The maximum atomic E-state index is 6.20. The number of aromatic nitrogens is 3. The fraction of sp³-hybridized carbons (Fsp3) is 0.273. The SMILES string of the molecule is COc1ccc(Br)c(C(N)c2cnnn2C)c1. The molecule has 0 spiro atoms. The first-order valence-electron chi connectivity index (χ1n) is 5.07. The summed E-state index contributed by atoms with van der Waals surface area (Å²) in [6.45, 7) is 0. The molecule has 1 heterocycles. The van der Waals surface area contributed by atoms with E-state index in [1.54, 1.807) is 18.0 Å². The maximum absolute atomic E-state index is 6.20. The van der Waals surface area contributed by atoms with Crippen LogP contribution in [-0.2, 0) is 7.05 Å². The third kappa shape index (κ3) is 2.32. The van der Waals surface area contributed by atoms with Crippen molar-refractivity contribution in [1.82, 2.24) is 15.0 Å². The van der Waals surface area contributed by atoms with Gasteiger partial charge in [-0.15, -0.1) is 5.10 Å². The summed E-state index contributed by atoms with van der Waals surface area (Å²) in [5.41, 5.74) is 7.99. The van der Waals surface area contributed by atoms with Crippen molar-refractivity contribution in [3.63, 3.8) is 0 Å². The molecule has 2 aromatic rings. The van der Waals surface area contributed by atoms with Crippen molar-refractivity contribution in [2.24, 2.45) is 12.8 Å². The van der Waals surface area contributed by atoms with E-state index in [4.69, 9.17) is 10.5 Å². The molecule has 1 aromatic carbocycles. The molecule has 0 aliphatic heterocycles. The van der Waals surface area contributed by atoms with Crippen LogP contribution in [-0.4, -0.2) is 22.1 Å². The van der Waals surface area contributed by atoms with E-state index in [0.29, 0.717) is 0 Å². The smallest absolute Gasteiger partial charge is 0.119 e. The molecule has 0 bridgehead atoms. The molecule has 2 N–H and O–H groups in total.